The fourth-order valence-corrected chi connectivity index (χ4v) is 2.48. The number of fused-ring (bicyclic) bond motifs is 1. The molecule has 0 spiro atoms. The highest BCUT2D eigenvalue weighted by molar-refractivity contribution is 6.33. The number of nitrogens with zero attached hydrogens (tertiary/aromatic N) is 1. The average Bonchev–Trinajstić information content (AvgIpc) is 2.60. The van der Waals surface area contributed by atoms with Gasteiger partial charge in [0.1, 0.15) is 0 Å². The predicted molar refractivity (Wildman–Crippen MR) is 94.2 cm³/mol. The van der Waals surface area contributed by atoms with Gasteiger partial charge in [-0.1, -0.05) is 29.8 Å². The van der Waals surface area contributed by atoms with Crippen LogP contribution in [0.15, 0.2) is 60.8 Å². The van der Waals surface area contributed by atoms with Crippen molar-refractivity contribution in [3.63, 3.8) is 0 Å². The second kappa shape index (κ2) is 7.10. The molecule has 3 rings (SSSR count). The Hall–Kier alpha value is -2.92. The van der Waals surface area contributed by atoms with Crippen LogP contribution in [0.3, 0.4) is 0 Å². The Morgan fingerprint density at radius 2 is 1.88 bits per heavy atom. The first-order valence-electron chi connectivity index (χ1n) is 7.31. The van der Waals surface area contributed by atoms with Crippen molar-refractivity contribution in [1.29, 1.82) is 0 Å². The van der Waals surface area contributed by atoms with Crippen molar-refractivity contribution >= 4 is 40.0 Å². The van der Waals surface area contributed by atoms with Crippen molar-refractivity contribution in [2.24, 2.45) is 0 Å². The van der Waals surface area contributed by atoms with E-state index in [1.165, 1.54) is 0 Å². The summed E-state index contributed by atoms with van der Waals surface area (Å²) >= 11 is 5.95. The maximum Gasteiger partial charge on any atom is 0.253 e. The van der Waals surface area contributed by atoms with E-state index in [-0.39, 0.29) is 12.5 Å². The van der Waals surface area contributed by atoms with Crippen molar-refractivity contribution in [1.82, 2.24) is 10.3 Å². The highest BCUT2D eigenvalue weighted by atomic mass is 35.5. The smallest absolute Gasteiger partial charge is 0.253 e. The number of anilines is 1. The molecule has 2 aromatic carbocycles. The Morgan fingerprint density at radius 3 is 2.71 bits per heavy atom. The number of benzene rings is 2. The summed E-state index contributed by atoms with van der Waals surface area (Å²) in [7, 11) is 0. The maximum atomic E-state index is 12.0. The molecule has 2 N–H and O–H groups in total. The van der Waals surface area contributed by atoms with Gasteiger partial charge < -0.3 is 10.6 Å². The number of hydrogen-bond donors (Lipinski definition) is 2. The van der Waals surface area contributed by atoms with Crippen molar-refractivity contribution in [2.45, 2.75) is 0 Å². The molecule has 0 aliphatic heterocycles. The van der Waals surface area contributed by atoms with Crippen LogP contribution in [0, 0.1) is 0 Å². The van der Waals surface area contributed by atoms with E-state index in [1.54, 1.807) is 36.5 Å². The van der Waals surface area contributed by atoms with Gasteiger partial charge in [-0.3, -0.25) is 14.6 Å². The summed E-state index contributed by atoms with van der Waals surface area (Å²) in [5.74, 6) is -0.711. The minimum Gasteiger partial charge on any atom is -0.343 e. The van der Waals surface area contributed by atoms with Gasteiger partial charge in [-0.15, -0.1) is 0 Å². The van der Waals surface area contributed by atoms with Crippen molar-refractivity contribution < 1.29 is 9.59 Å². The summed E-state index contributed by atoms with van der Waals surface area (Å²) in [6, 6.07) is 15.8. The molecule has 0 saturated carbocycles. The van der Waals surface area contributed by atoms with E-state index in [0.717, 1.165) is 10.9 Å². The standard InChI is InChI=1S/C18H14ClN3O2/c19-15-6-2-1-5-14(15)18(24)21-11-17(23)22-13-7-8-16-12(10-13)4-3-9-20-16/h1-10H,11H2,(H,21,24)(H,22,23). The first-order valence-corrected chi connectivity index (χ1v) is 7.68. The molecule has 5 nitrogen and oxygen atoms in total. The molecular weight excluding hydrogens is 326 g/mol. The number of rotatable bonds is 4. The van der Waals surface area contributed by atoms with Crippen molar-refractivity contribution in [3.8, 4) is 0 Å². The molecule has 1 heterocycles. The number of pyridine rings is 1. The molecule has 0 unspecified atom stereocenters. The molecule has 0 aliphatic rings. The van der Waals surface area contributed by atoms with Crippen molar-refractivity contribution in [2.75, 3.05) is 11.9 Å². The van der Waals surface area contributed by atoms with Crippen LogP contribution in [0.5, 0.6) is 0 Å². The number of aromatic nitrogens is 1. The van der Waals surface area contributed by atoms with E-state index >= 15 is 0 Å². The molecule has 0 saturated heterocycles. The summed E-state index contributed by atoms with van der Waals surface area (Å²) in [5.41, 5.74) is 1.83. The molecule has 0 fully saturated rings. The number of halogens is 1. The van der Waals surface area contributed by atoms with Gasteiger partial charge in [0.15, 0.2) is 0 Å². The summed E-state index contributed by atoms with van der Waals surface area (Å²) in [4.78, 5) is 28.2. The molecule has 0 radical (unpaired) electrons. The monoisotopic (exact) mass is 339 g/mol. The van der Waals surface area contributed by atoms with E-state index in [1.807, 2.05) is 24.3 Å². The maximum absolute atomic E-state index is 12.0. The zero-order chi connectivity index (χ0) is 16.9. The number of carbonyl (C=O) groups excluding carboxylic acids is 2. The van der Waals surface area contributed by atoms with Gasteiger partial charge in [0, 0.05) is 17.3 Å². The second-order valence-electron chi connectivity index (χ2n) is 5.12. The van der Waals surface area contributed by atoms with Crippen LogP contribution in [0.25, 0.3) is 10.9 Å². The van der Waals surface area contributed by atoms with Crippen LogP contribution in [0.4, 0.5) is 5.69 Å². The third kappa shape index (κ3) is 3.70. The van der Waals surface area contributed by atoms with Gasteiger partial charge in [0.2, 0.25) is 5.91 Å². The lowest BCUT2D eigenvalue weighted by Crippen LogP contribution is -2.33. The molecular formula is C18H14ClN3O2. The predicted octanol–water partition coefficient (Wildman–Crippen LogP) is 3.26. The topological polar surface area (TPSA) is 71.1 Å². The van der Waals surface area contributed by atoms with E-state index in [2.05, 4.69) is 15.6 Å². The van der Waals surface area contributed by atoms with E-state index in [9.17, 15) is 9.59 Å². The largest absolute Gasteiger partial charge is 0.343 e. The Kier molecular flexibility index (Phi) is 4.72. The lowest BCUT2D eigenvalue weighted by atomic mass is 10.2. The first kappa shape index (κ1) is 16.0. The highest BCUT2D eigenvalue weighted by Gasteiger charge is 2.11. The lowest BCUT2D eigenvalue weighted by molar-refractivity contribution is -0.115. The van der Waals surface area contributed by atoms with Gasteiger partial charge in [-0.05, 0) is 36.4 Å². The number of amides is 2. The van der Waals surface area contributed by atoms with Crippen LogP contribution < -0.4 is 10.6 Å². The fraction of sp³-hybridized carbons (Fsp3) is 0.0556. The third-order valence-corrected chi connectivity index (χ3v) is 3.74. The molecule has 2 amide bonds. The molecule has 6 heteroatoms. The molecule has 24 heavy (non-hydrogen) atoms. The summed E-state index contributed by atoms with van der Waals surface area (Å²) < 4.78 is 0. The Balaban J connectivity index is 1.61. The first-order chi connectivity index (χ1) is 11.6. The number of carbonyl (C=O) groups is 2. The van der Waals surface area contributed by atoms with E-state index in [0.29, 0.717) is 16.3 Å². The summed E-state index contributed by atoms with van der Waals surface area (Å²) in [6.45, 7) is -0.144. The zero-order valence-corrected chi connectivity index (χ0v) is 13.4. The van der Waals surface area contributed by atoms with E-state index in [4.69, 9.17) is 11.6 Å². The Bertz CT molecular complexity index is 911. The number of nitrogens with one attached hydrogen (secondary N) is 2. The zero-order valence-electron chi connectivity index (χ0n) is 12.6. The van der Waals surface area contributed by atoms with Crippen LogP contribution in [-0.2, 0) is 4.79 Å². The van der Waals surface area contributed by atoms with Gasteiger partial charge in [0.05, 0.1) is 22.6 Å². The van der Waals surface area contributed by atoms with E-state index < -0.39 is 5.91 Å². The fourth-order valence-electron chi connectivity index (χ4n) is 2.26. The third-order valence-electron chi connectivity index (χ3n) is 3.41. The quantitative estimate of drug-likeness (QED) is 0.766. The number of hydrogen-bond acceptors (Lipinski definition) is 3. The highest BCUT2D eigenvalue weighted by Crippen LogP contribution is 2.17. The minimum absolute atomic E-state index is 0.144. The second-order valence-corrected chi connectivity index (χ2v) is 5.53. The molecule has 0 aliphatic carbocycles. The summed E-state index contributed by atoms with van der Waals surface area (Å²) in [6.07, 6.45) is 1.71. The lowest BCUT2D eigenvalue weighted by Gasteiger charge is -2.08. The van der Waals surface area contributed by atoms with Crippen LogP contribution in [0.1, 0.15) is 10.4 Å². The van der Waals surface area contributed by atoms with Gasteiger partial charge in [-0.25, -0.2) is 0 Å². The van der Waals surface area contributed by atoms with Gasteiger partial charge in [0.25, 0.3) is 5.91 Å². The van der Waals surface area contributed by atoms with Gasteiger partial charge >= 0.3 is 0 Å². The normalized spacial score (nSPS) is 10.4. The Morgan fingerprint density at radius 1 is 1.04 bits per heavy atom. The van der Waals surface area contributed by atoms with Crippen LogP contribution >= 0.6 is 11.6 Å². The molecule has 0 bridgehead atoms. The van der Waals surface area contributed by atoms with Crippen LogP contribution in [0.2, 0.25) is 5.02 Å². The molecule has 0 atom stereocenters. The minimum atomic E-state index is -0.390. The van der Waals surface area contributed by atoms with Gasteiger partial charge in [-0.2, -0.15) is 0 Å². The molecule has 120 valence electrons. The molecule has 1 aromatic heterocycles. The SMILES string of the molecule is O=C(CNC(=O)c1ccccc1Cl)Nc1ccc2ncccc2c1. The Labute approximate surface area is 143 Å². The summed E-state index contributed by atoms with van der Waals surface area (Å²) in [5, 5.41) is 6.56. The van der Waals surface area contributed by atoms with Crippen molar-refractivity contribution in [3.05, 3.63) is 71.4 Å². The molecule has 3 aromatic rings. The average molecular weight is 340 g/mol. The van der Waals surface area contributed by atoms with Crippen LogP contribution in [-0.4, -0.2) is 23.3 Å².